The van der Waals surface area contributed by atoms with Crippen LogP contribution in [0.15, 0.2) is 48.9 Å². The normalized spacial score (nSPS) is 15.9. The lowest BCUT2D eigenvalue weighted by Crippen LogP contribution is -2.44. The van der Waals surface area contributed by atoms with Gasteiger partial charge in [0.05, 0.1) is 17.4 Å². The fourth-order valence-electron chi connectivity index (χ4n) is 4.45. The molecule has 1 fully saturated rings. The third-order valence-corrected chi connectivity index (χ3v) is 7.98. The van der Waals surface area contributed by atoms with Gasteiger partial charge in [0.2, 0.25) is 0 Å². The fraction of sp³-hybridized carbons (Fsp3) is 0.346. The maximum Gasteiger partial charge on any atom is 0.262 e. The molecule has 1 amide bonds. The molecule has 0 saturated carbocycles. The first-order valence-electron chi connectivity index (χ1n) is 12.0. The number of hydrogen-bond acceptors (Lipinski definition) is 7. The number of halogens is 1. The molecule has 4 heterocycles. The molecule has 1 aliphatic heterocycles. The Morgan fingerprint density at radius 2 is 1.97 bits per heavy atom. The largest absolute Gasteiger partial charge is 0.484 e. The summed E-state index contributed by atoms with van der Waals surface area (Å²) in [4.78, 5) is 26.6. The number of amides is 1. The van der Waals surface area contributed by atoms with E-state index in [1.54, 1.807) is 6.33 Å². The zero-order valence-corrected chi connectivity index (χ0v) is 21.9. The van der Waals surface area contributed by atoms with Crippen molar-refractivity contribution in [2.24, 2.45) is 5.73 Å². The van der Waals surface area contributed by atoms with E-state index in [4.69, 9.17) is 22.1 Å². The molecular formula is C26H29ClN6O2S. The highest BCUT2D eigenvalue weighted by Crippen LogP contribution is 2.38. The first-order valence-corrected chi connectivity index (χ1v) is 13.2. The number of likely N-dealkylation sites (N-methyl/N-ethyl adjacent to an activating group) is 1. The van der Waals surface area contributed by atoms with Gasteiger partial charge in [0, 0.05) is 49.4 Å². The molecule has 1 atom stereocenters. The second-order valence-corrected chi connectivity index (χ2v) is 10.5. The van der Waals surface area contributed by atoms with Gasteiger partial charge in [-0.05, 0) is 25.6 Å². The van der Waals surface area contributed by atoms with E-state index in [0.717, 1.165) is 60.0 Å². The molecule has 2 N–H and O–H groups in total. The van der Waals surface area contributed by atoms with E-state index >= 15 is 0 Å². The molecular weight excluding hydrogens is 496 g/mol. The third kappa shape index (κ3) is 5.10. The topological polar surface area (TPSA) is 89.5 Å². The van der Waals surface area contributed by atoms with Crippen LogP contribution in [-0.2, 0) is 6.54 Å². The van der Waals surface area contributed by atoms with Gasteiger partial charge in [0.15, 0.2) is 0 Å². The minimum absolute atomic E-state index is 0.307. The lowest BCUT2D eigenvalue weighted by molar-refractivity contribution is 0.0997. The number of ether oxygens (including phenoxy) is 1. The summed E-state index contributed by atoms with van der Waals surface area (Å²) in [5, 5.41) is 1.42. The Labute approximate surface area is 219 Å². The van der Waals surface area contributed by atoms with Gasteiger partial charge in [-0.25, -0.2) is 4.98 Å². The third-order valence-electron chi connectivity index (χ3n) is 6.51. The van der Waals surface area contributed by atoms with Crippen LogP contribution in [-0.4, -0.2) is 63.5 Å². The van der Waals surface area contributed by atoms with Crippen LogP contribution in [0.25, 0.3) is 16.0 Å². The van der Waals surface area contributed by atoms with E-state index < -0.39 is 5.91 Å². The number of piperazine rings is 1. The molecule has 1 unspecified atom stereocenters. The van der Waals surface area contributed by atoms with E-state index in [9.17, 15) is 4.79 Å². The highest BCUT2D eigenvalue weighted by atomic mass is 35.5. The van der Waals surface area contributed by atoms with Gasteiger partial charge < -0.3 is 15.4 Å². The molecule has 0 bridgehead atoms. The second-order valence-electron chi connectivity index (χ2n) is 9.04. The summed E-state index contributed by atoms with van der Waals surface area (Å²) in [6.07, 6.45) is 3.93. The van der Waals surface area contributed by atoms with Gasteiger partial charge in [0.1, 0.15) is 33.6 Å². The quantitative estimate of drug-likeness (QED) is 0.365. The van der Waals surface area contributed by atoms with E-state index in [0.29, 0.717) is 22.1 Å². The van der Waals surface area contributed by atoms with E-state index in [-0.39, 0.29) is 6.10 Å². The van der Waals surface area contributed by atoms with Crippen LogP contribution in [0.3, 0.4) is 0 Å². The Bertz CT molecular complexity index is 1380. The summed E-state index contributed by atoms with van der Waals surface area (Å²) < 4.78 is 8.28. The summed E-state index contributed by atoms with van der Waals surface area (Å²) in [5.41, 5.74) is 9.31. The predicted octanol–water partition coefficient (Wildman–Crippen LogP) is 4.51. The van der Waals surface area contributed by atoms with E-state index in [1.165, 1.54) is 11.3 Å². The Hall–Kier alpha value is -2.98. The summed E-state index contributed by atoms with van der Waals surface area (Å²) >= 11 is 7.70. The number of fused-ring (bicyclic) bond motifs is 1. The number of rotatable bonds is 8. The molecule has 36 heavy (non-hydrogen) atoms. The van der Waals surface area contributed by atoms with Crippen LogP contribution in [0.2, 0.25) is 5.02 Å². The van der Waals surface area contributed by atoms with Crippen molar-refractivity contribution in [1.29, 1.82) is 0 Å². The van der Waals surface area contributed by atoms with Crippen molar-refractivity contribution >= 4 is 39.9 Å². The van der Waals surface area contributed by atoms with Gasteiger partial charge in [0.25, 0.3) is 5.91 Å². The number of imidazole rings is 1. The van der Waals surface area contributed by atoms with Crippen molar-refractivity contribution in [2.45, 2.75) is 26.0 Å². The Morgan fingerprint density at radius 3 is 2.69 bits per heavy atom. The predicted molar refractivity (Wildman–Crippen MR) is 143 cm³/mol. The maximum atomic E-state index is 12.3. The Kier molecular flexibility index (Phi) is 7.25. The van der Waals surface area contributed by atoms with Gasteiger partial charge in [-0.15, -0.1) is 11.3 Å². The van der Waals surface area contributed by atoms with Crippen LogP contribution >= 0.6 is 22.9 Å². The Balaban J connectivity index is 1.45. The van der Waals surface area contributed by atoms with Crippen LogP contribution in [0.1, 0.15) is 40.4 Å². The first kappa shape index (κ1) is 24.7. The fourth-order valence-corrected chi connectivity index (χ4v) is 5.63. The minimum atomic E-state index is -0.530. The lowest BCUT2D eigenvalue weighted by atomic mass is 10.1. The zero-order chi connectivity index (χ0) is 25.2. The van der Waals surface area contributed by atoms with Gasteiger partial charge in [-0.2, -0.15) is 0 Å². The average Bonchev–Trinajstić information content (AvgIpc) is 3.48. The molecule has 1 aliphatic rings. The molecule has 0 spiro atoms. The number of nitrogens with zero attached hydrogens (tertiary/aromatic N) is 5. The highest BCUT2D eigenvalue weighted by molar-refractivity contribution is 7.16. The van der Waals surface area contributed by atoms with E-state index in [2.05, 4.69) is 32.9 Å². The molecule has 8 nitrogen and oxygen atoms in total. The number of pyridine rings is 1. The monoisotopic (exact) mass is 524 g/mol. The number of carbonyl (C=O) groups excluding carboxylic acids is 1. The van der Waals surface area contributed by atoms with Crippen molar-refractivity contribution in [1.82, 2.24) is 24.3 Å². The van der Waals surface area contributed by atoms with E-state index in [1.807, 2.05) is 48.0 Å². The van der Waals surface area contributed by atoms with Crippen LogP contribution < -0.4 is 10.5 Å². The van der Waals surface area contributed by atoms with Crippen molar-refractivity contribution < 1.29 is 9.53 Å². The number of aromatic nitrogens is 3. The number of primary amides is 1. The molecule has 3 aromatic heterocycles. The summed E-state index contributed by atoms with van der Waals surface area (Å²) in [5.74, 6) is -0.0834. The first-order chi connectivity index (χ1) is 17.4. The van der Waals surface area contributed by atoms with Gasteiger partial charge >= 0.3 is 0 Å². The number of benzene rings is 1. The van der Waals surface area contributed by atoms with Crippen molar-refractivity contribution in [3.05, 3.63) is 70.1 Å². The Morgan fingerprint density at radius 1 is 1.19 bits per heavy atom. The van der Waals surface area contributed by atoms with Crippen LogP contribution in [0, 0.1) is 0 Å². The molecule has 1 saturated heterocycles. The smallest absolute Gasteiger partial charge is 0.262 e. The van der Waals surface area contributed by atoms with Crippen molar-refractivity contribution in [3.63, 3.8) is 0 Å². The lowest BCUT2D eigenvalue weighted by Gasteiger charge is -2.32. The standard InChI is InChI=1S/C26H29ClN6O2S/c1-3-22(18-6-4-5-7-19(18)27)35-23-13-24(36-25(23)26(28)34)33-16-30-20-14-29-17(12-21(20)33)15-32-10-8-31(2)9-11-32/h4-7,12-14,16,22H,3,8-11,15H2,1-2H3,(H2,28,34). The average molecular weight is 525 g/mol. The maximum absolute atomic E-state index is 12.3. The van der Waals surface area contributed by atoms with Crippen LogP contribution in [0.5, 0.6) is 5.75 Å². The minimum Gasteiger partial charge on any atom is -0.484 e. The summed E-state index contributed by atoms with van der Waals surface area (Å²) in [6, 6.07) is 11.5. The zero-order valence-electron chi connectivity index (χ0n) is 20.4. The molecule has 10 heteroatoms. The van der Waals surface area contributed by atoms with Gasteiger partial charge in [-0.3, -0.25) is 19.2 Å². The highest BCUT2D eigenvalue weighted by Gasteiger charge is 2.23. The number of hydrogen-bond donors (Lipinski definition) is 1. The SMILES string of the molecule is CCC(Oc1cc(-n2cnc3cnc(CN4CCN(C)CC4)cc32)sc1C(N)=O)c1ccccc1Cl. The summed E-state index contributed by atoms with van der Waals surface area (Å²) in [7, 11) is 2.15. The molecule has 188 valence electrons. The second kappa shape index (κ2) is 10.6. The number of nitrogens with two attached hydrogens (primary N) is 1. The molecule has 5 rings (SSSR count). The molecule has 0 radical (unpaired) electrons. The van der Waals surface area contributed by atoms with Gasteiger partial charge in [-0.1, -0.05) is 36.7 Å². The molecule has 1 aromatic carbocycles. The number of thiophene rings is 1. The van der Waals surface area contributed by atoms with Crippen LogP contribution in [0.4, 0.5) is 0 Å². The number of carbonyl (C=O) groups is 1. The van der Waals surface area contributed by atoms with Crippen molar-refractivity contribution in [2.75, 3.05) is 33.2 Å². The molecule has 0 aliphatic carbocycles. The molecule has 4 aromatic rings. The summed E-state index contributed by atoms with van der Waals surface area (Å²) in [6.45, 7) is 6.96. The van der Waals surface area contributed by atoms with Crippen molar-refractivity contribution in [3.8, 4) is 10.8 Å².